The number of hydrogen-bond acceptors (Lipinski definition) is 3. The van der Waals surface area contributed by atoms with E-state index in [2.05, 4.69) is 26.8 Å². The number of H-pyrrole nitrogens is 1. The minimum atomic E-state index is -0.243. The van der Waals surface area contributed by atoms with Crippen molar-refractivity contribution in [3.63, 3.8) is 0 Å². The first kappa shape index (κ1) is 17.1. The third-order valence-corrected chi connectivity index (χ3v) is 4.91. The maximum atomic E-state index is 12.3. The molecule has 3 aromatic rings. The quantitative estimate of drug-likeness (QED) is 0.624. The molecule has 2 amide bonds. The van der Waals surface area contributed by atoms with Gasteiger partial charge in [0.15, 0.2) is 0 Å². The van der Waals surface area contributed by atoms with Crippen LogP contribution in [0.25, 0.3) is 10.9 Å². The molecular weight excluding hydrogens is 340 g/mol. The first-order chi connectivity index (χ1) is 13.2. The van der Waals surface area contributed by atoms with E-state index in [9.17, 15) is 9.59 Å². The number of hydrogen-bond donors (Lipinski definition) is 3. The van der Waals surface area contributed by atoms with E-state index < -0.39 is 0 Å². The molecule has 1 aliphatic heterocycles. The average molecular weight is 362 g/mol. The lowest BCUT2D eigenvalue weighted by Gasteiger charge is -2.30. The summed E-state index contributed by atoms with van der Waals surface area (Å²) in [6.45, 7) is 1.07. The van der Waals surface area contributed by atoms with E-state index in [0.29, 0.717) is 0 Å². The van der Waals surface area contributed by atoms with E-state index in [1.165, 1.54) is 5.56 Å². The summed E-state index contributed by atoms with van der Waals surface area (Å²) >= 11 is 0. The first-order valence-corrected chi connectivity index (χ1v) is 9.16. The van der Waals surface area contributed by atoms with E-state index in [1.54, 1.807) is 0 Å². The van der Waals surface area contributed by atoms with Crippen LogP contribution in [0.15, 0.2) is 54.7 Å². The molecule has 0 unspecified atom stereocenters. The standard InChI is InChI=1S/C21H22N4O2/c26-20(12-16-13-22-18-9-3-2-8-17(16)18)23-24-21(27)14-25-11-5-7-15-6-1-4-10-19(15)25/h1-4,6,8-10,13,22H,5,7,11-12,14H2,(H,23,26)(H,24,27). The number of nitrogens with one attached hydrogen (secondary N) is 3. The summed E-state index contributed by atoms with van der Waals surface area (Å²) in [5.41, 5.74) is 9.31. The van der Waals surface area contributed by atoms with Gasteiger partial charge in [0.05, 0.1) is 13.0 Å². The smallest absolute Gasteiger partial charge is 0.257 e. The zero-order valence-electron chi connectivity index (χ0n) is 15.0. The van der Waals surface area contributed by atoms with Gasteiger partial charge in [-0.25, -0.2) is 0 Å². The summed E-state index contributed by atoms with van der Waals surface area (Å²) in [5, 5.41) is 1.02. The number of aromatic nitrogens is 1. The molecule has 3 N–H and O–H groups in total. The van der Waals surface area contributed by atoms with E-state index in [0.717, 1.165) is 41.5 Å². The van der Waals surface area contributed by atoms with Gasteiger partial charge in [-0.15, -0.1) is 0 Å². The fraction of sp³-hybridized carbons (Fsp3) is 0.238. The van der Waals surface area contributed by atoms with Gasteiger partial charge in [-0.2, -0.15) is 0 Å². The third-order valence-electron chi connectivity index (χ3n) is 4.91. The number of anilines is 1. The van der Waals surface area contributed by atoms with Gasteiger partial charge >= 0.3 is 0 Å². The highest BCUT2D eigenvalue weighted by atomic mass is 16.2. The maximum Gasteiger partial charge on any atom is 0.257 e. The van der Waals surface area contributed by atoms with Crippen LogP contribution in [0.2, 0.25) is 0 Å². The molecule has 2 heterocycles. The largest absolute Gasteiger partial charge is 0.362 e. The second-order valence-electron chi connectivity index (χ2n) is 6.79. The number of benzene rings is 2. The minimum Gasteiger partial charge on any atom is -0.362 e. The van der Waals surface area contributed by atoms with Crippen molar-refractivity contribution in [3.8, 4) is 0 Å². The van der Waals surface area contributed by atoms with E-state index >= 15 is 0 Å². The number of fused-ring (bicyclic) bond motifs is 2. The molecule has 27 heavy (non-hydrogen) atoms. The van der Waals surface area contributed by atoms with Crippen molar-refractivity contribution in [1.29, 1.82) is 0 Å². The highest BCUT2D eigenvalue weighted by Gasteiger charge is 2.19. The molecule has 1 aliphatic rings. The Labute approximate surface area is 157 Å². The van der Waals surface area contributed by atoms with Gasteiger partial charge < -0.3 is 9.88 Å². The maximum absolute atomic E-state index is 12.3. The molecular formula is C21H22N4O2. The fourth-order valence-electron chi connectivity index (χ4n) is 3.62. The number of aromatic amines is 1. The van der Waals surface area contributed by atoms with Crippen LogP contribution in [0.3, 0.4) is 0 Å². The van der Waals surface area contributed by atoms with Crippen molar-refractivity contribution < 1.29 is 9.59 Å². The zero-order valence-corrected chi connectivity index (χ0v) is 15.0. The monoisotopic (exact) mass is 362 g/mol. The van der Waals surface area contributed by atoms with Crippen LogP contribution in [0.1, 0.15) is 17.5 Å². The molecule has 1 aromatic heterocycles. The van der Waals surface area contributed by atoms with Crippen LogP contribution in [0, 0.1) is 0 Å². The molecule has 0 aliphatic carbocycles. The predicted octanol–water partition coefficient (Wildman–Crippen LogP) is 2.31. The SMILES string of the molecule is O=C(Cc1c[nH]c2ccccc12)NNC(=O)CN1CCCc2ccccc21. The molecule has 138 valence electrons. The molecule has 0 saturated heterocycles. The zero-order chi connectivity index (χ0) is 18.6. The van der Waals surface area contributed by atoms with Gasteiger partial charge in [-0.3, -0.25) is 20.4 Å². The molecule has 0 radical (unpaired) electrons. The molecule has 0 fully saturated rings. The van der Waals surface area contributed by atoms with Gasteiger partial charge in [0, 0.05) is 29.3 Å². The van der Waals surface area contributed by atoms with Crippen molar-refractivity contribution in [2.75, 3.05) is 18.0 Å². The molecule has 6 nitrogen and oxygen atoms in total. The lowest BCUT2D eigenvalue weighted by Crippen LogP contribution is -2.47. The minimum absolute atomic E-state index is 0.205. The first-order valence-electron chi connectivity index (χ1n) is 9.16. The van der Waals surface area contributed by atoms with Crippen LogP contribution < -0.4 is 15.8 Å². The van der Waals surface area contributed by atoms with Crippen LogP contribution in [0.4, 0.5) is 5.69 Å². The predicted molar refractivity (Wildman–Crippen MR) is 105 cm³/mol. The molecule has 0 bridgehead atoms. The van der Waals surface area contributed by atoms with Gasteiger partial charge in [0.2, 0.25) is 5.91 Å². The number of nitrogens with zero attached hydrogens (tertiary/aromatic N) is 1. The van der Waals surface area contributed by atoms with Gasteiger partial charge in [0.25, 0.3) is 5.91 Å². The molecule has 6 heteroatoms. The van der Waals surface area contributed by atoms with Gasteiger partial charge in [0.1, 0.15) is 0 Å². The second kappa shape index (κ2) is 7.53. The van der Waals surface area contributed by atoms with Gasteiger partial charge in [-0.1, -0.05) is 36.4 Å². The summed E-state index contributed by atoms with van der Waals surface area (Å²) < 4.78 is 0. The summed E-state index contributed by atoms with van der Waals surface area (Å²) in [5.74, 6) is -0.467. The fourth-order valence-corrected chi connectivity index (χ4v) is 3.62. The van der Waals surface area contributed by atoms with E-state index in [4.69, 9.17) is 0 Å². The molecule has 0 atom stereocenters. The lowest BCUT2D eigenvalue weighted by atomic mass is 10.0. The van der Waals surface area contributed by atoms with Crippen LogP contribution >= 0.6 is 0 Å². The van der Waals surface area contributed by atoms with Crippen molar-refractivity contribution in [3.05, 3.63) is 65.9 Å². The van der Waals surface area contributed by atoms with E-state index in [-0.39, 0.29) is 24.8 Å². The van der Waals surface area contributed by atoms with E-state index in [1.807, 2.05) is 48.7 Å². The average Bonchev–Trinajstić information content (AvgIpc) is 3.10. The van der Waals surface area contributed by atoms with Crippen molar-refractivity contribution in [2.24, 2.45) is 0 Å². The summed E-state index contributed by atoms with van der Waals surface area (Å²) in [6.07, 6.45) is 4.10. The third kappa shape index (κ3) is 3.79. The Kier molecular flexibility index (Phi) is 4.78. The van der Waals surface area contributed by atoms with Crippen molar-refractivity contribution >= 4 is 28.4 Å². The summed E-state index contributed by atoms with van der Waals surface area (Å²) in [6, 6.07) is 16.0. The van der Waals surface area contributed by atoms with Crippen LogP contribution in [-0.4, -0.2) is 29.9 Å². The van der Waals surface area contributed by atoms with Gasteiger partial charge in [-0.05, 0) is 36.1 Å². The normalized spacial score (nSPS) is 13.3. The number of carbonyl (C=O) groups is 2. The Morgan fingerprint density at radius 1 is 1.00 bits per heavy atom. The Balaban J connectivity index is 1.31. The Morgan fingerprint density at radius 3 is 2.70 bits per heavy atom. The number of amides is 2. The van der Waals surface area contributed by atoms with Crippen molar-refractivity contribution in [1.82, 2.24) is 15.8 Å². The highest BCUT2D eigenvalue weighted by Crippen LogP contribution is 2.26. The molecule has 4 rings (SSSR count). The molecule has 0 spiro atoms. The second-order valence-corrected chi connectivity index (χ2v) is 6.79. The number of rotatable bonds is 4. The number of aryl methyl sites for hydroxylation is 1. The summed E-state index contributed by atoms with van der Waals surface area (Å²) in [7, 11) is 0. The number of hydrazine groups is 1. The molecule has 2 aromatic carbocycles. The molecule has 0 saturated carbocycles. The Hall–Kier alpha value is -3.28. The Morgan fingerprint density at radius 2 is 1.78 bits per heavy atom. The highest BCUT2D eigenvalue weighted by molar-refractivity contribution is 5.90. The van der Waals surface area contributed by atoms with Crippen LogP contribution in [0.5, 0.6) is 0 Å². The Bertz CT molecular complexity index is 979. The summed E-state index contributed by atoms with van der Waals surface area (Å²) in [4.78, 5) is 29.7. The number of para-hydroxylation sites is 2. The van der Waals surface area contributed by atoms with Crippen molar-refractivity contribution in [2.45, 2.75) is 19.3 Å². The topological polar surface area (TPSA) is 77.2 Å². The van der Waals surface area contributed by atoms with Crippen LogP contribution in [-0.2, 0) is 22.4 Å². The number of carbonyl (C=O) groups excluding carboxylic acids is 2. The lowest BCUT2D eigenvalue weighted by molar-refractivity contribution is -0.127.